The number of carbonyl (C=O) groups is 1. The van der Waals surface area contributed by atoms with Crippen molar-refractivity contribution < 1.29 is 9.53 Å². The molecule has 1 fully saturated rings. The Morgan fingerprint density at radius 1 is 1.48 bits per heavy atom. The summed E-state index contributed by atoms with van der Waals surface area (Å²) in [6, 6.07) is 3.98. The number of hydrogen-bond acceptors (Lipinski definition) is 5. The van der Waals surface area contributed by atoms with Crippen LogP contribution in [-0.2, 0) is 34.6 Å². The normalized spacial score (nSPS) is 18.0. The Morgan fingerprint density at radius 2 is 2.35 bits per heavy atom. The maximum absolute atomic E-state index is 12.3. The lowest BCUT2D eigenvalue weighted by molar-refractivity contribution is -0.168. The lowest BCUT2D eigenvalue weighted by atomic mass is 9.87. The van der Waals surface area contributed by atoms with Crippen LogP contribution < -0.4 is 0 Å². The summed E-state index contributed by atoms with van der Waals surface area (Å²) >= 11 is 1.62. The highest BCUT2D eigenvalue weighted by Crippen LogP contribution is 2.42. The van der Waals surface area contributed by atoms with Crippen LogP contribution in [0.2, 0.25) is 0 Å². The van der Waals surface area contributed by atoms with Crippen molar-refractivity contribution in [1.82, 2.24) is 14.9 Å². The van der Waals surface area contributed by atoms with Gasteiger partial charge in [0.15, 0.2) is 0 Å². The summed E-state index contributed by atoms with van der Waals surface area (Å²) < 4.78 is 6.00. The molecule has 2 aromatic heterocycles. The predicted octanol–water partition coefficient (Wildman–Crippen LogP) is 2.30. The first-order valence-electron chi connectivity index (χ1n) is 7.99. The molecule has 1 saturated heterocycles. The summed E-state index contributed by atoms with van der Waals surface area (Å²) in [7, 11) is 0. The van der Waals surface area contributed by atoms with Crippen LogP contribution in [0, 0.1) is 0 Å². The Hall–Kier alpha value is -1.79. The second kappa shape index (κ2) is 5.69. The van der Waals surface area contributed by atoms with Crippen LogP contribution in [0.5, 0.6) is 0 Å². The summed E-state index contributed by atoms with van der Waals surface area (Å²) in [5.74, 6) is 1.05. The molecule has 120 valence electrons. The molecule has 1 amide bonds. The van der Waals surface area contributed by atoms with Gasteiger partial charge in [0.05, 0.1) is 31.8 Å². The lowest BCUT2D eigenvalue weighted by Crippen LogP contribution is -2.61. The number of hydrogen-bond donors (Lipinski definition) is 0. The molecule has 0 saturated carbocycles. The fraction of sp³-hybridized carbons (Fsp3) is 0.471. The molecule has 1 spiro atoms. The quantitative estimate of drug-likeness (QED) is 0.864. The van der Waals surface area contributed by atoms with Crippen molar-refractivity contribution in [3.05, 3.63) is 45.7 Å². The smallest absolute Gasteiger partial charge is 0.228 e. The van der Waals surface area contributed by atoms with Gasteiger partial charge in [-0.3, -0.25) is 4.79 Å². The molecule has 0 N–H and O–H groups in total. The third kappa shape index (κ3) is 2.56. The zero-order valence-corrected chi connectivity index (χ0v) is 13.9. The van der Waals surface area contributed by atoms with E-state index < -0.39 is 0 Å². The van der Waals surface area contributed by atoms with Crippen LogP contribution >= 0.6 is 11.3 Å². The average Bonchev–Trinajstić information content (AvgIpc) is 3.13. The average molecular weight is 329 g/mol. The number of fused-ring (bicyclic) bond motifs is 2. The van der Waals surface area contributed by atoms with Gasteiger partial charge in [0.2, 0.25) is 5.91 Å². The molecule has 0 bridgehead atoms. The Bertz CT molecular complexity index is 723. The molecular formula is C17H19N3O2S. The van der Waals surface area contributed by atoms with Crippen LogP contribution in [0.1, 0.15) is 35.3 Å². The van der Waals surface area contributed by atoms with Crippen molar-refractivity contribution in [3.63, 3.8) is 0 Å². The van der Waals surface area contributed by atoms with E-state index in [4.69, 9.17) is 4.74 Å². The Kier molecular flexibility index (Phi) is 3.66. The Morgan fingerprint density at radius 3 is 3.09 bits per heavy atom. The molecule has 0 aliphatic carbocycles. The second-order valence-corrected chi connectivity index (χ2v) is 7.22. The van der Waals surface area contributed by atoms with Crippen molar-refractivity contribution in [2.45, 2.75) is 38.4 Å². The first kappa shape index (κ1) is 14.8. The van der Waals surface area contributed by atoms with Gasteiger partial charge < -0.3 is 9.64 Å². The maximum Gasteiger partial charge on any atom is 0.228 e. The van der Waals surface area contributed by atoms with Gasteiger partial charge in [-0.2, -0.15) is 0 Å². The number of likely N-dealkylation sites (tertiary alicyclic amines) is 1. The van der Waals surface area contributed by atoms with E-state index in [1.54, 1.807) is 11.3 Å². The van der Waals surface area contributed by atoms with E-state index >= 15 is 0 Å². The van der Waals surface area contributed by atoms with E-state index in [0.717, 1.165) is 34.8 Å². The number of rotatable bonds is 4. The molecule has 0 radical (unpaired) electrons. The van der Waals surface area contributed by atoms with Gasteiger partial charge in [-0.15, -0.1) is 11.3 Å². The number of amides is 1. The second-order valence-electron chi connectivity index (χ2n) is 6.19. The van der Waals surface area contributed by atoms with Gasteiger partial charge in [0.25, 0.3) is 0 Å². The van der Waals surface area contributed by atoms with Gasteiger partial charge in [0.1, 0.15) is 11.4 Å². The van der Waals surface area contributed by atoms with E-state index in [-0.39, 0.29) is 11.5 Å². The molecule has 0 atom stereocenters. The molecule has 2 aromatic rings. The highest BCUT2D eigenvalue weighted by molar-refractivity contribution is 7.10. The van der Waals surface area contributed by atoms with Gasteiger partial charge in [-0.1, -0.05) is 13.0 Å². The van der Waals surface area contributed by atoms with E-state index in [1.165, 1.54) is 0 Å². The van der Waals surface area contributed by atoms with Crippen LogP contribution in [0.3, 0.4) is 0 Å². The SMILES string of the molecule is CCCc1ncc2c(n1)COC21CN(C(=O)Cc2cccs2)C1. The molecule has 0 aromatic carbocycles. The summed E-state index contributed by atoms with van der Waals surface area (Å²) in [5.41, 5.74) is 1.69. The molecule has 6 heteroatoms. The Labute approximate surface area is 139 Å². The zero-order chi connectivity index (χ0) is 15.9. The van der Waals surface area contributed by atoms with Gasteiger partial charge >= 0.3 is 0 Å². The molecule has 2 aliphatic rings. The molecule has 0 unspecified atom stereocenters. The van der Waals surface area contributed by atoms with Crippen LogP contribution in [0.4, 0.5) is 0 Å². The van der Waals surface area contributed by atoms with Crippen LogP contribution in [0.25, 0.3) is 0 Å². The van der Waals surface area contributed by atoms with Gasteiger partial charge in [-0.25, -0.2) is 9.97 Å². The highest BCUT2D eigenvalue weighted by Gasteiger charge is 2.52. The number of aryl methyl sites for hydroxylation is 1. The largest absolute Gasteiger partial charge is 0.360 e. The maximum atomic E-state index is 12.3. The van der Waals surface area contributed by atoms with Crippen LogP contribution in [-0.4, -0.2) is 33.9 Å². The minimum absolute atomic E-state index is 0.165. The summed E-state index contributed by atoms with van der Waals surface area (Å²) in [6.45, 7) is 3.88. The fourth-order valence-electron chi connectivity index (χ4n) is 3.26. The topological polar surface area (TPSA) is 55.3 Å². The molecular weight excluding hydrogens is 310 g/mol. The lowest BCUT2D eigenvalue weighted by Gasteiger charge is -2.47. The minimum Gasteiger partial charge on any atom is -0.360 e. The first-order chi connectivity index (χ1) is 11.2. The number of nitrogens with zero attached hydrogens (tertiary/aromatic N) is 3. The Balaban J connectivity index is 1.44. The van der Waals surface area contributed by atoms with Crippen molar-refractivity contribution in [2.24, 2.45) is 0 Å². The molecule has 5 nitrogen and oxygen atoms in total. The molecule has 23 heavy (non-hydrogen) atoms. The van der Waals surface area contributed by atoms with Crippen molar-refractivity contribution >= 4 is 17.2 Å². The summed E-state index contributed by atoms with van der Waals surface area (Å²) in [5, 5.41) is 2.00. The standard InChI is InChI=1S/C17H19N3O2S/c1-2-4-15-18-8-13-14(19-15)9-22-17(13)10-20(11-17)16(21)7-12-5-3-6-23-12/h3,5-6,8H,2,4,7,9-11H2,1H3. The van der Waals surface area contributed by atoms with Crippen molar-refractivity contribution in [2.75, 3.05) is 13.1 Å². The first-order valence-corrected chi connectivity index (χ1v) is 8.87. The van der Waals surface area contributed by atoms with Gasteiger partial charge in [0, 0.05) is 23.1 Å². The molecule has 4 rings (SSSR count). The minimum atomic E-state index is -0.370. The number of ether oxygens (including phenoxy) is 1. The van der Waals surface area contributed by atoms with Crippen molar-refractivity contribution in [1.29, 1.82) is 0 Å². The summed E-state index contributed by atoms with van der Waals surface area (Å²) in [4.78, 5) is 24.4. The number of aromatic nitrogens is 2. The predicted molar refractivity (Wildman–Crippen MR) is 87.1 cm³/mol. The van der Waals surface area contributed by atoms with E-state index in [9.17, 15) is 4.79 Å². The third-order valence-corrected chi connectivity index (χ3v) is 5.39. The molecule has 4 heterocycles. The molecule has 2 aliphatic heterocycles. The van der Waals surface area contributed by atoms with E-state index in [1.807, 2.05) is 28.6 Å². The highest BCUT2D eigenvalue weighted by atomic mass is 32.1. The van der Waals surface area contributed by atoms with Crippen molar-refractivity contribution in [3.8, 4) is 0 Å². The fourth-order valence-corrected chi connectivity index (χ4v) is 3.96. The van der Waals surface area contributed by atoms with Crippen LogP contribution in [0.15, 0.2) is 23.7 Å². The van der Waals surface area contributed by atoms with Gasteiger partial charge in [-0.05, 0) is 17.9 Å². The van der Waals surface area contributed by atoms with E-state index in [2.05, 4.69) is 16.9 Å². The zero-order valence-electron chi connectivity index (χ0n) is 13.1. The third-order valence-electron chi connectivity index (χ3n) is 4.52. The monoisotopic (exact) mass is 329 g/mol. The summed E-state index contributed by atoms with van der Waals surface area (Å²) in [6.07, 6.45) is 4.31. The van der Waals surface area contributed by atoms with E-state index in [0.29, 0.717) is 26.1 Å². The number of carbonyl (C=O) groups excluding carboxylic acids is 1. The number of thiophene rings is 1.